The van der Waals surface area contributed by atoms with Crippen LogP contribution in [0.15, 0.2) is 34.7 Å². The molecule has 0 bridgehead atoms. The Balaban J connectivity index is 1.71. The van der Waals surface area contributed by atoms with E-state index in [1.165, 1.54) is 22.0 Å². The summed E-state index contributed by atoms with van der Waals surface area (Å²) in [7, 11) is -3.87. The number of benzene rings is 1. The maximum atomic E-state index is 13.1. The highest BCUT2D eigenvalue weighted by Gasteiger charge is 2.61. The van der Waals surface area contributed by atoms with Crippen molar-refractivity contribution in [3.8, 4) is 0 Å². The summed E-state index contributed by atoms with van der Waals surface area (Å²) in [5.41, 5.74) is 1.31. The molecule has 1 amide bonds. The molecule has 1 aromatic carbocycles. The summed E-state index contributed by atoms with van der Waals surface area (Å²) in [6.45, 7) is 10.8. The Bertz CT molecular complexity index is 1000. The number of nitro benzene ring substituents is 1. The Morgan fingerprint density at radius 2 is 1.80 bits per heavy atom. The molecule has 2 unspecified atom stereocenters. The number of amides is 1. The number of sulfonamides is 1. The fraction of sp³-hybridized carbons (Fsp3) is 0.571. The minimum Gasteiger partial charge on any atom is -0.340 e. The van der Waals surface area contributed by atoms with E-state index >= 15 is 0 Å². The van der Waals surface area contributed by atoms with Crippen molar-refractivity contribution in [1.82, 2.24) is 9.21 Å². The zero-order valence-corrected chi connectivity index (χ0v) is 18.9. The zero-order chi connectivity index (χ0) is 22.4. The predicted molar refractivity (Wildman–Crippen MR) is 113 cm³/mol. The molecular formula is C21H29N3O5S. The summed E-state index contributed by atoms with van der Waals surface area (Å²) in [4.78, 5) is 25.2. The smallest absolute Gasteiger partial charge is 0.270 e. The Labute approximate surface area is 177 Å². The number of nitro groups is 1. The molecule has 1 aliphatic heterocycles. The topological polar surface area (TPSA) is 101 Å². The van der Waals surface area contributed by atoms with Crippen LogP contribution in [0.3, 0.4) is 0 Å². The summed E-state index contributed by atoms with van der Waals surface area (Å²) in [5.74, 6) is 0.213. The first-order valence-electron chi connectivity index (χ1n) is 10.1. The molecule has 164 valence electrons. The van der Waals surface area contributed by atoms with Gasteiger partial charge < -0.3 is 4.90 Å². The third-order valence-electron chi connectivity index (χ3n) is 6.24. The van der Waals surface area contributed by atoms with Crippen molar-refractivity contribution in [2.75, 3.05) is 26.2 Å². The molecule has 0 radical (unpaired) electrons. The molecule has 0 spiro atoms. The third-order valence-corrected chi connectivity index (χ3v) is 8.28. The first kappa shape index (κ1) is 22.4. The SMILES string of the molecule is CC(C)=CC1C(C(=O)N2CCN(S(=O)(=O)c3cc([N+](=O)[O-])ccc3C)CC2)C1(C)C. The van der Waals surface area contributed by atoms with Crippen molar-refractivity contribution >= 4 is 21.6 Å². The van der Waals surface area contributed by atoms with Crippen molar-refractivity contribution in [2.45, 2.75) is 39.5 Å². The van der Waals surface area contributed by atoms with Crippen molar-refractivity contribution < 1.29 is 18.1 Å². The summed E-state index contributed by atoms with van der Waals surface area (Å²) in [5, 5.41) is 11.1. The van der Waals surface area contributed by atoms with Gasteiger partial charge in [0, 0.05) is 38.3 Å². The number of carbonyl (C=O) groups excluding carboxylic acids is 1. The van der Waals surface area contributed by atoms with E-state index in [1.54, 1.807) is 11.8 Å². The molecule has 1 saturated carbocycles. The number of non-ortho nitro benzene ring substituents is 1. The molecule has 2 atom stereocenters. The lowest BCUT2D eigenvalue weighted by atomic mass is 10.1. The van der Waals surface area contributed by atoms with Crippen LogP contribution in [0.5, 0.6) is 0 Å². The van der Waals surface area contributed by atoms with E-state index in [4.69, 9.17) is 0 Å². The summed E-state index contributed by atoms with van der Waals surface area (Å²) >= 11 is 0. The van der Waals surface area contributed by atoms with Gasteiger partial charge in [0.2, 0.25) is 15.9 Å². The van der Waals surface area contributed by atoms with Gasteiger partial charge in [-0.15, -0.1) is 0 Å². The van der Waals surface area contributed by atoms with Crippen molar-refractivity contribution in [2.24, 2.45) is 17.3 Å². The second kappa shape index (κ2) is 7.77. The van der Waals surface area contributed by atoms with Gasteiger partial charge >= 0.3 is 0 Å². The number of hydrogen-bond donors (Lipinski definition) is 0. The first-order valence-corrected chi connectivity index (χ1v) is 11.5. The molecule has 1 saturated heterocycles. The van der Waals surface area contributed by atoms with Crippen LogP contribution in [0.25, 0.3) is 0 Å². The van der Waals surface area contributed by atoms with Crippen LogP contribution >= 0.6 is 0 Å². The van der Waals surface area contributed by atoms with E-state index in [0.717, 1.165) is 6.07 Å². The fourth-order valence-electron chi connectivity index (χ4n) is 4.28. The molecule has 2 aliphatic rings. The normalized spacial score (nSPS) is 23.7. The van der Waals surface area contributed by atoms with Crippen LogP contribution in [0, 0.1) is 34.3 Å². The second-order valence-corrected chi connectivity index (χ2v) is 10.9. The zero-order valence-electron chi connectivity index (χ0n) is 18.1. The number of allylic oxidation sites excluding steroid dienone is 2. The molecule has 1 aliphatic carbocycles. The van der Waals surface area contributed by atoms with Gasteiger partial charge in [-0.2, -0.15) is 4.31 Å². The Morgan fingerprint density at radius 1 is 1.20 bits per heavy atom. The summed E-state index contributed by atoms with van der Waals surface area (Å²) in [6, 6.07) is 3.85. The minimum absolute atomic E-state index is 0.0524. The van der Waals surface area contributed by atoms with Crippen LogP contribution in [0.2, 0.25) is 0 Å². The highest BCUT2D eigenvalue weighted by atomic mass is 32.2. The number of piperazine rings is 1. The molecule has 9 heteroatoms. The fourth-order valence-corrected chi connectivity index (χ4v) is 5.95. The summed E-state index contributed by atoms with van der Waals surface area (Å²) in [6.07, 6.45) is 2.15. The molecule has 3 rings (SSSR count). The molecule has 30 heavy (non-hydrogen) atoms. The van der Waals surface area contributed by atoms with Crippen LogP contribution in [-0.2, 0) is 14.8 Å². The van der Waals surface area contributed by atoms with Crippen LogP contribution in [-0.4, -0.2) is 54.6 Å². The Hall–Kier alpha value is -2.26. The molecule has 0 N–H and O–H groups in total. The van der Waals surface area contributed by atoms with Gasteiger partial charge in [0.05, 0.1) is 15.7 Å². The number of hydrogen-bond acceptors (Lipinski definition) is 5. The monoisotopic (exact) mass is 435 g/mol. The van der Waals surface area contributed by atoms with E-state index in [2.05, 4.69) is 19.9 Å². The van der Waals surface area contributed by atoms with Gasteiger partial charge in [0.15, 0.2) is 0 Å². The number of nitrogens with zero attached hydrogens (tertiary/aromatic N) is 3. The highest BCUT2D eigenvalue weighted by Crippen LogP contribution is 2.60. The van der Waals surface area contributed by atoms with Gasteiger partial charge in [-0.1, -0.05) is 31.6 Å². The average Bonchev–Trinajstić information content (AvgIpc) is 3.20. The van der Waals surface area contributed by atoms with Gasteiger partial charge in [-0.25, -0.2) is 8.42 Å². The average molecular weight is 436 g/mol. The Morgan fingerprint density at radius 3 is 2.33 bits per heavy atom. The second-order valence-electron chi connectivity index (χ2n) is 9.01. The van der Waals surface area contributed by atoms with Gasteiger partial charge in [0.25, 0.3) is 5.69 Å². The summed E-state index contributed by atoms with van der Waals surface area (Å²) < 4.78 is 27.5. The molecule has 1 aromatic rings. The van der Waals surface area contributed by atoms with Crippen LogP contribution < -0.4 is 0 Å². The van der Waals surface area contributed by atoms with Gasteiger partial charge in [-0.05, 0) is 37.7 Å². The van der Waals surface area contributed by atoms with Crippen molar-refractivity contribution in [3.63, 3.8) is 0 Å². The third kappa shape index (κ3) is 4.00. The van der Waals surface area contributed by atoms with E-state index in [-0.39, 0.29) is 46.8 Å². The number of aryl methyl sites for hydroxylation is 1. The lowest BCUT2D eigenvalue weighted by molar-refractivity contribution is -0.385. The van der Waals surface area contributed by atoms with Crippen LogP contribution in [0.4, 0.5) is 5.69 Å². The molecule has 2 fully saturated rings. The quantitative estimate of drug-likeness (QED) is 0.402. The standard InChI is InChI=1S/C21H29N3O5S/c1-14(2)12-17-19(21(17,4)5)20(25)22-8-10-23(11-9-22)30(28,29)18-13-16(24(26)27)7-6-15(18)3/h6-7,12-13,17,19H,8-11H2,1-5H3. The van der Waals surface area contributed by atoms with E-state index in [0.29, 0.717) is 18.7 Å². The number of carbonyl (C=O) groups is 1. The molecule has 1 heterocycles. The van der Waals surface area contributed by atoms with Crippen molar-refractivity contribution in [1.29, 1.82) is 0 Å². The largest absolute Gasteiger partial charge is 0.340 e. The molecular weight excluding hydrogens is 406 g/mol. The van der Waals surface area contributed by atoms with Gasteiger partial charge in [0.1, 0.15) is 0 Å². The number of rotatable bonds is 5. The highest BCUT2D eigenvalue weighted by molar-refractivity contribution is 7.89. The predicted octanol–water partition coefficient (Wildman–Crippen LogP) is 2.97. The molecule has 0 aromatic heterocycles. The lowest BCUT2D eigenvalue weighted by Gasteiger charge is -2.34. The van der Waals surface area contributed by atoms with E-state index in [1.807, 2.05) is 13.8 Å². The van der Waals surface area contributed by atoms with Crippen molar-refractivity contribution in [3.05, 3.63) is 45.5 Å². The van der Waals surface area contributed by atoms with E-state index < -0.39 is 14.9 Å². The molecule has 8 nitrogen and oxygen atoms in total. The maximum Gasteiger partial charge on any atom is 0.270 e. The van der Waals surface area contributed by atoms with Crippen LogP contribution in [0.1, 0.15) is 33.3 Å². The first-order chi connectivity index (χ1) is 13.9. The lowest BCUT2D eigenvalue weighted by Crippen LogP contribution is -2.51. The Kier molecular flexibility index (Phi) is 5.81. The maximum absolute atomic E-state index is 13.1. The van der Waals surface area contributed by atoms with Gasteiger partial charge in [-0.3, -0.25) is 14.9 Å². The van der Waals surface area contributed by atoms with E-state index in [9.17, 15) is 23.3 Å². The minimum atomic E-state index is -3.87.